The van der Waals surface area contributed by atoms with Crippen LogP contribution in [0.3, 0.4) is 0 Å². The van der Waals surface area contributed by atoms with Crippen LogP contribution < -0.4 is 5.73 Å². The molecule has 0 aliphatic heterocycles. The van der Waals surface area contributed by atoms with Gasteiger partial charge in [0.1, 0.15) is 0 Å². The highest BCUT2D eigenvalue weighted by Crippen LogP contribution is 2.25. The molecule has 3 N–H and O–H groups in total. The zero-order chi connectivity index (χ0) is 17.2. The van der Waals surface area contributed by atoms with Crippen molar-refractivity contribution in [3.05, 3.63) is 64.7 Å². The molecule has 0 unspecified atom stereocenters. The number of rotatable bonds is 2. The monoisotopic (exact) mass is 307 g/mol. The van der Waals surface area contributed by atoms with Crippen LogP contribution in [0.5, 0.6) is 0 Å². The van der Waals surface area contributed by atoms with Crippen LogP contribution in [0.15, 0.2) is 47.5 Å². The molecule has 0 aromatic heterocycles. The smallest absolute Gasteiger partial charge is 0.154 e. The fourth-order valence-corrected chi connectivity index (χ4v) is 2.52. The third-order valence-electron chi connectivity index (χ3n) is 3.80. The highest BCUT2D eigenvalue weighted by molar-refractivity contribution is 6.15. The Balaban J connectivity index is 2.56. The summed E-state index contributed by atoms with van der Waals surface area (Å²) < 4.78 is 0. The van der Waals surface area contributed by atoms with Gasteiger partial charge in [-0.2, -0.15) is 0 Å². The Bertz CT molecular complexity index is 765. The minimum Gasteiger partial charge on any atom is -0.398 e. The number of hydrogen-bond acceptors (Lipinski definition) is 2. The van der Waals surface area contributed by atoms with E-state index in [-0.39, 0.29) is 11.3 Å². The molecular formula is C20H25N3. The highest BCUT2D eigenvalue weighted by Gasteiger charge is 2.23. The van der Waals surface area contributed by atoms with Gasteiger partial charge in [-0.1, -0.05) is 56.7 Å². The summed E-state index contributed by atoms with van der Waals surface area (Å²) in [5, 5.41) is 8.43. The minimum absolute atomic E-state index is 0.170. The molecule has 0 bridgehead atoms. The van der Waals surface area contributed by atoms with Crippen molar-refractivity contribution in [2.45, 2.75) is 34.6 Å². The van der Waals surface area contributed by atoms with Crippen LogP contribution in [-0.4, -0.2) is 11.5 Å². The Morgan fingerprint density at radius 1 is 1.00 bits per heavy atom. The van der Waals surface area contributed by atoms with Crippen LogP contribution in [0.4, 0.5) is 5.69 Å². The molecule has 0 spiro atoms. The lowest BCUT2D eigenvalue weighted by molar-refractivity contribution is 0.592. The standard InChI is InChI=1S/C20H25N3/c1-13-10-11-17(21)16(12-13)19(22)23-18(20(3,4)5)15-9-7-6-8-14(15)2/h6-12,22H,21H2,1-5H3/b22-19?,23-18+. The number of benzene rings is 2. The molecule has 0 saturated heterocycles. The number of amidine groups is 1. The molecule has 0 radical (unpaired) electrons. The maximum Gasteiger partial charge on any atom is 0.154 e. The average molecular weight is 307 g/mol. The fourth-order valence-electron chi connectivity index (χ4n) is 2.52. The van der Waals surface area contributed by atoms with E-state index in [1.54, 1.807) is 0 Å². The third-order valence-corrected chi connectivity index (χ3v) is 3.80. The first kappa shape index (κ1) is 16.9. The number of aliphatic imine (C=N–C) groups is 1. The number of hydrogen-bond donors (Lipinski definition) is 2. The predicted molar refractivity (Wildman–Crippen MR) is 99.6 cm³/mol. The van der Waals surface area contributed by atoms with Crippen molar-refractivity contribution in [1.82, 2.24) is 0 Å². The molecule has 0 amide bonds. The van der Waals surface area contributed by atoms with Crippen molar-refractivity contribution in [2.24, 2.45) is 10.4 Å². The van der Waals surface area contributed by atoms with E-state index in [2.05, 4.69) is 44.8 Å². The van der Waals surface area contributed by atoms with Crippen LogP contribution >= 0.6 is 0 Å². The Morgan fingerprint density at radius 3 is 2.26 bits per heavy atom. The molecule has 2 rings (SSSR count). The molecule has 0 saturated carbocycles. The Labute approximate surface area is 138 Å². The van der Waals surface area contributed by atoms with Gasteiger partial charge in [0.2, 0.25) is 0 Å². The number of nitrogens with two attached hydrogens (primary N) is 1. The van der Waals surface area contributed by atoms with Crippen molar-refractivity contribution < 1.29 is 0 Å². The second-order valence-electron chi connectivity index (χ2n) is 6.96. The summed E-state index contributed by atoms with van der Waals surface area (Å²) in [6.07, 6.45) is 0. The maximum atomic E-state index is 8.43. The van der Waals surface area contributed by atoms with Crippen molar-refractivity contribution in [3.8, 4) is 0 Å². The molecule has 0 heterocycles. The van der Waals surface area contributed by atoms with E-state index in [9.17, 15) is 0 Å². The molecule has 120 valence electrons. The molecule has 3 heteroatoms. The van der Waals surface area contributed by atoms with Gasteiger partial charge in [-0.25, -0.2) is 4.99 Å². The molecule has 0 fully saturated rings. The summed E-state index contributed by atoms with van der Waals surface area (Å²) in [7, 11) is 0. The van der Waals surface area contributed by atoms with Gasteiger partial charge >= 0.3 is 0 Å². The molecule has 2 aromatic rings. The lowest BCUT2D eigenvalue weighted by Gasteiger charge is -2.23. The summed E-state index contributed by atoms with van der Waals surface area (Å²) in [6.45, 7) is 10.4. The number of nitrogens with zero attached hydrogens (tertiary/aromatic N) is 1. The number of anilines is 1. The Morgan fingerprint density at radius 2 is 1.65 bits per heavy atom. The lowest BCUT2D eigenvalue weighted by Crippen LogP contribution is -2.24. The molecule has 23 heavy (non-hydrogen) atoms. The second-order valence-corrected chi connectivity index (χ2v) is 6.96. The van der Waals surface area contributed by atoms with Crippen molar-refractivity contribution in [1.29, 1.82) is 5.41 Å². The molecule has 0 aliphatic carbocycles. The summed E-state index contributed by atoms with van der Waals surface area (Å²) in [6, 6.07) is 13.9. The van der Waals surface area contributed by atoms with E-state index in [0.717, 1.165) is 22.4 Å². The van der Waals surface area contributed by atoms with E-state index < -0.39 is 0 Å². The van der Waals surface area contributed by atoms with Crippen LogP contribution in [0.2, 0.25) is 0 Å². The summed E-state index contributed by atoms with van der Waals surface area (Å²) in [5.74, 6) is 0.208. The maximum absolute atomic E-state index is 8.43. The number of nitrogens with one attached hydrogen (secondary N) is 1. The first-order chi connectivity index (χ1) is 10.7. The molecule has 0 aliphatic rings. The van der Waals surface area contributed by atoms with Gasteiger partial charge in [-0.05, 0) is 37.1 Å². The van der Waals surface area contributed by atoms with Gasteiger partial charge in [-0.3, -0.25) is 5.41 Å². The normalized spacial score (nSPS) is 12.3. The second kappa shape index (κ2) is 6.37. The zero-order valence-electron chi connectivity index (χ0n) is 14.6. The predicted octanol–water partition coefficient (Wildman–Crippen LogP) is 4.75. The van der Waals surface area contributed by atoms with Gasteiger partial charge in [0.05, 0.1) is 5.71 Å². The highest BCUT2D eigenvalue weighted by atomic mass is 14.9. The van der Waals surface area contributed by atoms with E-state index in [0.29, 0.717) is 11.3 Å². The first-order valence-electron chi connectivity index (χ1n) is 7.80. The van der Waals surface area contributed by atoms with Crippen molar-refractivity contribution >= 4 is 17.2 Å². The third kappa shape index (κ3) is 3.86. The Kier molecular flexibility index (Phi) is 4.69. The van der Waals surface area contributed by atoms with Gasteiger partial charge in [0, 0.05) is 16.7 Å². The summed E-state index contributed by atoms with van der Waals surface area (Å²) in [4.78, 5) is 4.67. The number of nitrogen functional groups attached to an aromatic ring is 1. The summed E-state index contributed by atoms with van der Waals surface area (Å²) >= 11 is 0. The first-order valence-corrected chi connectivity index (χ1v) is 7.80. The van der Waals surface area contributed by atoms with Gasteiger partial charge in [-0.15, -0.1) is 0 Å². The van der Waals surface area contributed by atoms with Crippen LogP contribution in [0.25, 0.3) is 0 Å². The zero-order valence-corrected chi connectivity index (χ0v) is 14.6. The van der Waals surface area contributed by atoms with Gasteiger partial charge < -0.3 is 5.73 Å². The Hall–Kier alpha value is -2.42. The fraction of sp³-hybridized carbons (Fsp3) is 0.300. The number of aryl methyl sites for hydroxylation is 2. The molecule has 2 aromatic carbocycles. The largest absolute Gasteiger partial charge is 0.398 e. The quantitative estimate of drug-likeness (QED) is 0.469. The van der Waals surface area contributed by atoms with Gasteiger partial charge in [0.25, 0.3) is 0 Å². The van der Waals surface area contributed by atoms with E-state index in [1.807, 2.05) is 37.3 Å². The molecule has 3 nitrogen and oxygen atoms in total. The van der Waals surface area contributed by atoms with Crippen molar-refractivity contribution in [3.63, 3.8) is 0 Å². The van der Waals surface area contributed by atoms with E-state index in [4.69, 9.17) is 11.1 Å². The SMILES string of the molecule is Cc1ccc(N)c(C(=N)/N=C(\c2ccccc2C)C(C)(C)C)c1. The lowest BCUT2D eigenvalue weighted by atomic mass is 9.84. The van der Waals surface area contributed by atoms with Crippen LogP contribution in [0, 0.1) is 24.7 Å². The van der Waals surface area contributed by atoms with Crippen molar-refractivity contribution in [2.75, 3.05) is 5.73 Å². The van der Waals surface area contributed by atoms with E-state index in [1.165, 1.54) is 0 Å². The topological polar surface area (TPSA) is 62.2 Å². The van der Waals surface area contributed by atoms with Crippen LogP contribution in [0.1, 0.15) is 43.0 Å². The summed E-state index contributed by atoms with van der Waals surface area (Å²) in [5.41, 5.74) is 11.3. The average Bonchev–Trinajstić information content (AvgIpc) is 2.47. The molecular weight excluding hydrogens is 282 g/mol. The minimum atomic E-state index is -0.170. The van der Waals surface area contributed by atoms with Gasteiger partial charge in [0.15, 0.2) is 5.84 Å². The van der Waals surface area contributed by atoms with E-state index >= 15 is 0 Å². The van der Waals surface area contributed by atoms with Crippen LogP contribution in [-0.2, 0) is 0 Å². The molecule has 0 atom stereocenters.